The lowest BCUT2D eigenvalue weighted by Crippen LogP contribution is -1.92. The number of carbonyl (C=O) groups excluding carboxylic acids is 1. The van der Waals surface area contributed by atoms with Crippen molar-refractivity contribution in [1.29, 1.82) is 0 Å². The largest absolute Gasteiger partial charge is 0.392 e. The monoisotopic (exact) mass is 193 g/mol. The maximum atomic E-state index is 10.4. The predicted octanol–water partition coefficient (Wildman–Crippen LogP) is 1.08. The second kappa shape index (κ2) is 5.14. The number of carbonyl (C=O) groups is 1. The van der Waals surface area contributed by atoms with E-state index in [4.69, 9.17) is 5.11 Å². The van der Waals surface area contributed by atoms with Crippen LogP contribution in [0.5, 0.6) is 0 Å². The zero-order valence-electron chi connectivity index (χ0n) is 7.80. The molecule has 1 aromatic rings. The summed E-state index contributed by atoms with van der Waals surface area (Å²) < 4.78 is 0. The standard InChI is InChI=1S/C10H11NO3/c1-8(13)14-11-6-9-2-4-10(7-12)5-3-9/h2-6,12H,7H2,1H3/b11-6+. The number of aliphatic hydroxyl groups excluding tert-OH is 1. The lowest BCUT2D eigenvalue weighted by atomic mass is 10.2. The first-order valence-electron chi connectivity index (χ1n) is 4.13. The minimum Gasteiger partial charge on any atom is -0.392 e. The molecule has 0 atom stereocenters. The predicted molar refractivity (Wildman–Crippen MR) is 51.7 cm³/mol. The molecule has 0 aliphatic carbocycles. The molecule has 1 aromatic carbocycles. The highest BCUT2D eigenvalue weighted by atomic mass is 16.7. The molecule has 0 heterocycles. The molecule has 0 aliphatic rings. The quantitative estimate of drug-likeness (QED) is 0.444. The van der Waals surface area contributed by atoms with Gasteiger partial charge >= 0.3 is 5.97 Å². The number of aliphatic hydroxyl groups is 1. The van der Waals surface area contributed by atoms with Crippen LogP contribution in [0.25, 0.3) is 0 Å². The molecular formula is C10H11NO3. The topological polar surface area (TPSA) is 58.9 Å². The lowest BCUT2D eigenvalue weighted by molar-refractivity contribution is -0.140. The second-order valence-corrected chi connectivity index (χ2v) is 2.72. The van der Waals surface area contributed by atoms with E-state index >= 15 is 0 Å². The van der Waals surface area contributed by atoms with Crippen LogP contribution in [0.3, 0.4) is 0 Å². The Hall–Kier alpha value is -1.68. The van der Waals surface area contributed by atoms with E-state index in [0.29, 0.717) is 0 Å². The third kappa shape index (κ3) is 3.37. The summed E-state index contributed by atoms with van der Waals surface area (Å²) in [4.78, 5) is 14.7. The maximum absolute atomic E-state index is 10.4. The third-order valence-corrected chi connectivity index (χ3v) is 1.55. The molecule has 0 fully saturated rings. The second-order valence-electron chi connectivity index (χ2n) is 2.72. The molecule has 0 amide bonds. The molecule has 0 unspecified atom stereocenters. The van der Waals surface area contributed by atoms with Gasteiger partial charge in [-0.1, -0.05) is 29.4 Å². The number of hydrogen-bond acceptors (Lipinski definition) is 4. The van der Waals surface area contributed by atoms with Gasteiger partial charge in [0.2, 0.25) is 0 Å². The van der Waals surface area contributed by atoms with Gasteiger partial charge in [-0.3, -0.25) is 0 Å². The van der Waals surface area contributed by atoms with E-state index in [1.165, 1.54) is 13.1 Å². The molecule has 4 heteroatoms. The summed E-state index contributed by atoms with van der Waals surface area (Å²) in [5.41, 5.74) is 1.64. The molecular weight excluding hydrogens is 182 g/mol. The van der Waals surface area contributed by atoms with Crippen LogP contribution in [0.2, 0.25) is 0 Å². The third-order valence-electron chi connectivity index (χ3n) is 1.55. The summed E-state index contributed by atoms with van der Waals surface area (Å²) in [6.45, 7) is 1.30. The van der Waals surface area contributed by atoms with Crippen LogP contribution in [0.1, 0.15) is 18.1 Å². The summed E-state index contributed by atoms with van der Waals surface area (Å²) in [5.74, 6) is -0.451. The van der Waals surface area contributed by atoms with Crippen LogP contribution in [0.15, 0.2) is 29.4 Å². The lowest BCUT2D eigenvalue weighted by Gasteiger charge is -1.95. The van der Waals surface area contributed by atoms with Crippen molar-refractivity contribution in [2.75, 3.05) is 0 Å². The van der Waals surface area contributed by atoms with Gasteiger partial charge in [-0.05, 0) is 11.1 Å². The Bertz CT molecular complexity index is 330. The van der Waals surface area contributed by atoms with Crippen molar-refractivity contribution < 1.29 is 14.7 Å². The summed E-state index contributed by atoms with van der Waals surface area (Å²) >= 11 is 0. The first kappa shape index (κ1) is 10.4. The van der Waals surface area contributed by atoms with E-state index < -0.39 is 5.97 Å². The van der Waals surface area contributed by atoms with Crippen LogP contribution in [0, 0.1) is 0 Å². The van der Waals surface area contributed by atoms with Gasteiger partial charge in [-0.15, -0.1) is 0 Å². The highest BCUT2D eigenvalue weighted by Crippen LogP contribution is 2.01. The van der Waals surface area contributed by atoms with Crippen LogP contribution in [0.4, 0.5) is 0 Å². The van der Waals surface area contributed by atoms with Gasteiger partial charge < -0.3 is 9.94 Å². The average molecular weight is 193 g/mol. The fourth-order valence-corrected chi connectivity index (χ4v) is 0.871. The summed E-state index contributed by atoms with van der Waals surface area (Å²) in [7, 11) is 0. The van der Waals surface area contributed by atoms with Gasteiger partial charge in [-0.2, -0.15) is 0 Å². The Morgan fingerprint density at radius 3 is 2.64 bits per heavy atom. The van der Waals surface area contributed by atoms with Gasteiger partial charge in [0.1, 0.15) is 0 Å². The summed E-state index contributed by atoms with van der Waals surface area (Å²) in [6.07, 6.45) is 1.43. The Morgan fingerprint density at radius 2 is 2.14 bits per heavy atom. The highest BCUT2D eigenvalue weighted by Gasteiger charge is 1.91. The van der Waals surface area contributed by atoms with Gasteiger partial charge in [0, 0.05) is 6.92 Å². The van der Waals surface area contributed by atoms with E-state index in [-0.39, 0.29) is 6.61 Å². The van der Waals surface area contributed by atoms with Crippen molar-refractivity contribution in [3.05, 3.63) is 35.4 Å². The smallest absolute Gasteiger partial charge is 0.331 e. The van der Waals surface area contributed by atoms with Crippen molar-refractivity contribution in [3.63, 3.8) is 0 Å². The van der Waals surface area contributed by atoms with E-state index in [9.17, 15) is 4.79 Å². The number of nitrogens with zero attached hydrogens (tertiary/aromatic N) is 1. The zero-order chi connectivity index (χ0) is 10.4. The van der Waals surface area contributed by atoms with Gasteiger partial charge in [0.15, 0.2) is 0 Å². The molecule has 0 radical (unpaired) electrons. The molecule has 1 rings (SSSR count). The van der Waals surface area contributed by atoms with Crippen molar-refractivity contribution in [2.45, 2.75) is 13.5 Å². The Morgan fingerprint density at radius 1 is 1.50 bits per heavy atom. The van der Waals surface area contributed by atoms with Gasteiger partial charge in [-0.25, -0.2) is 4.79 Å². The van der Waals surface area contributed by atoms with E-state index in [1.54, 1.807) is 24.3 Å². The number of oxime groups is 1. The molecule has 1 N–H and O–H groups in total. The molecule has 0 saturated carbocycles. The fraction of sp³-hybridized carbons (Fsp3) is 0.200. The average Bonchev–Trinajstić information content (AvgIpc) is 2.18. The Balaban J connectivity index is 2.59. The molecule has 74 valence electrons. The Kier molecular flexibility index (Phi) is 3.82. The molecule has 4 nitrogen and oxygen atoms in total. The molecule has 0 saturated heterocycles. The molecule has 14 heavy (non-hydrogen) atoms. The summed E-state index contributed by atoms with van der Waals surface area (Å²) in [5, 5.41) is 12.2. The first-order valence-corrected chi connectivity index (χ1v) is 4.13. The van der Waals surface area contributed by atoms with Crippen LogP contribution >= 0.6 is 0 Å². The molecule has 0 bridgehead atoms. The van der Waals surface area contributed by atoms with Crippen LogP contribution in [-0.4, -0.2) is 17.3 Å². The minimum absolute atomic E-state index is 0.0152. The van der Waals surface area contributed by atoms with E-state index in [0.717, 1.165) is 11.1 Å². The fourth-order valence-electron chi connectivity index (χ4n) is 0.871. The normalized spacial score (nSPS) is 10.4. The van der Waals surface area contributed by atoms with E-state index in [1.807, 2.05) is 0 Å². The van der Waals surface area contributed by atoms with E-state index in [2.05, 4.69) is 9.99 Å². The van der Waals surface area contributed by atoms with Crippen molar-refractivity contribution in [3.8, 4) is 0 Å². The maximum Gasteiger partial charge on any atom is 0.331 e. The molecule has 0 spiro atoms. The molecule has 0 aliphatic heterocycles. The Labute approximate surface area is 81.8 Å². The number of hydrogen-bond donors (Lipinski definition) is 1. The zero-order valence-corrected chi connectivity index (χ0v) is 7.80. The first-order chi connectivity index (χ1) is 6.72. The number of rotatable bonds is 3. The van der Waals surface area contributed by atoms with Crippen molar-refractivity contribution in [2.24, 2.45) is 5.16 Å². The molecule has 0 aromatic heterocycles. The van der Waals surface area contributed by atoms with Crippen LogP contribution < -0.4 is 0 Å². The number of benzene rings is 1. The summed E-state index contributed by atoms with van der Waals surface area (Å²) in [6, 6.07) is 7.10. The van der Waals surface area contributed by atoms with Gasteiger partial charge in [0.05, 0.1) is 12.8 Å². The van der Waals surface area contributed by atoms with Crippen molar-refractivity contribution >= 4 is 12.2 Å². The highest BCUT2D eigenvalue weighted by molar-refractivity contribution is 5.79. The minimum atomic E-state index is -0.451. The van der Waals surface area contributed by atoms with Crippen LogP contribution in [-0.2, 0) is 16.2 Å². The SMILES string of the molecule is CC(=O)O/N=C/c1ccc(CO)cc1. The van der Waals surface area contributed by atoms with Crippen molar-refractivity contribution in [1.82, 2.24) is 0 Å². The van der Waals surface area contributed by atoms with Gasteiger partial charge in [0.25, 0.3) is 0 Å².